The summed E-state index contributed by atoms with van der Waals surface area (Å²) in [5, 5.41) is 9.83. The highest BCUT2D eigenvalue weighted by atomic mass is 16.3. The summed E-state index contributed by atoms with van der Waals surface area (Å²) < 4.78 is 1.62. The fourth-order valence-electron chi connectivity index (χ4n) is 4.13. The minimum Gasteiger partial charge on any atom is -0.396 e. The fraction of sp³-hybridized carbons (Fsp3) is 0.348. The topological polar surface area (TPSA) is 75.4 Å². The Balaban J connectivity index is 1.79. The van der Waals surface area contributed by atoms with Crippen molar-refractivity contribution in [2.75, 3.05) is 18.1 Å². The second kappa shape index (κ2) is 8.17. The lowest BCUT2D eigenvalue weighted by Gasteiger charge is -2.18. The number of carbonyl (C=O) groups is 1. The molecule has 1 atom stereocenters. The van der Waals surface area contributed by atoms with Gasteiger partial charge in [0, 0.05) is 31.8 Å². The van der Waals surface area contributed by atoms with Crippen LogP contribution in [0, 0.1) is 0 Å². The third-order valence-corrected chi connectivity index (χ3v) is 5.48. The van der Waals surface area contributed by atoms with E-state index in [-0.39, 0.29) is 24.0 Å². The van der Waals surface area contributed by atoms with Gasteiger partial charge >= 0.3 is 0 Å². The van der Waals surface area contributed by atoms with Crippen molar-refractivity contribution in [2.24, 2.45) is 0 Å². The number of carbonyl (C=O) groups excluding carboxylic acids is 1. The van der Waals surface area contributed by atoms with E-state index in [2.05, 4.69) is 6.92 Å². The highest BCUT2D eigenvalue weighted by molar-refractivity contribution is 6.05. The molecule has 1 aliphatic heterocycles. The van der Waals surface area contributed by atoms with E-state index in [1.165, 1.54) is 0 Å². The molecule has 29 heavy (non-hydrogen) atoms. The predicted octanol–water partition coefficient (Wildman–Crippen LogP) is 2.86. The van der Waals surface area contributed by atoms with Crippen molar-refractivity contribution in [1.82, 2.24) is 9.55 Å². The molecular weight excluding hydrogens is 366 g/mol. The maximum atomic E-state index is 13.2. The molecule has 6 nitrogen and oxygen atoms in total. The average molecular weight is 391 g/mol. The van der Waals surface area contributed by atoms with Crippen molar-refractivity contribution < 1.29 is 9.90 Å². The van der Waals surface area contributed by atoms with E-state index >= 15 is 0 Å². The first-order chi connectivity index (χ1) is 14.2. The number of benzene rings is 2. The van der Waals surface area contributed by atoms with Gasteiger partial charge in [-0.3, -0.25) is 14.2 Å². The third-order valence-electron chi connectivity index (χ3n) is 5.48. The molecule has 0 saturated heterocycles. The van der Waals surface area contributed by atoms with Gasteiger partial charge in [-0.2, -0.15) is 0 Å². The maximum absolute atomic E-state index is 13.2. The zero-order valence-electron chi connectivity index (χ0n) is 16.5. The molecule has 1 aliphatic rings. The predicted molar refractivity (Wildman–Crippen MR) is 113 cm³/mol. The molecule has 1 aromatic heterocycles. The second-order valence-corrected chi connectivity index (χ2v) is 7.38. The van der Waals surface area contributed by atoms with Gasteiger partial charge in [0.1, 0.15) is 5.82 Å². The van der Waals surface area contributed by atoms with Crippen LogP contribution < -0.4 is 10.5 Å². The van der Waals surface area contributed by atoms with Crippen molar-refractivity contribution in [3.05, 3.63) is 70.3 Å². The number of fused-ring (bicyclic) bond motifs is 2. The van der Waals surface area contributed by atoms with Gasteiger partial charge in [0.2, 0.25) is 5.91 Å². The Kier molecular flexibility index (Phi) is 5.45. The minimum absolute atomic E-state index is 0.00578. The number of aromatic nitrogens is 2. The summed E-state index contributed by atoms with van der Waals surface area (Å²) in [6.45, 7) is 3.10. The lowest BCUT2D eigenvalue weighted by molar-refractivity contribution is -0.119. The number of hydrogen-bond donors (Lipinski definition) is 1. The summed E-state index contributed by atoms with van der Waals surface area (Å²) in [7, 11) is 0. The Morgan fingerprint density at radius 1 is 1.03 bits per heavy atom. The van der Waals surface area contributed by atoms with Crippen LogP contribution in [0.25, 0.3) is 10.9 Å². The second-order valence-electron chi connectivity index (χ2n) is 7.38. The lowest BCUT2D eigenvalue weighted by atomic mass is 9.96. The number of anilines is 1. The molecule has 1 amide bonds. The molecule has 1 unspecified atom stereocenters. The van der Waals surface area contributed by atoms with E-state index in [9.17, 15) is 14.7 Å². The van der Waals surface area contributed by atoms with E-state index in [4.69, 9.17) is 4.98 Å². The lowest BCUT2D eigenvalue weighted by Crippen LogP contribution is -2.32. The van der Waals surface area contributed by atoms with Gasteiger partial charge < -0.3 is 10.0 Å². The third kappa shape index (κ3) is 3.44. The van der Waals surface area contributed by atoms with Crippen LogP contribution in [0.1, 0.15) is 37.1 Å². The Morgan fingerprint density at radius 3 is 2.59 bits per heavy atom. The summed E-state index contributed by atoms with van der Waals surface area (Å²) in [4.78, 5) is 32.9. The van der Waals surface area contributed by atoms with Crippen LogP contribution in [0.2, 0.25) is 0 Å². The van der Waals surface area contributed by atoms with Crippen LogP contribution >= 0.6 is 0 Å². The van der Waals surface area contributed by atoms with Crippen LogP contribution in [0.5, 0.6) is 0 Å². The normalized spacial score (nSPS) is 15.9. The largest absolute Gasteiger partial charge is 0.396 e. The van der Waals surface area contributed by atoms with Gasteiger partial charge in [-0.05, 0) is 36.6 Å². The van der Waals surface area contributed by atoms with E-state index < -0.39 is 0 Å². The van der Waals surface area contributed by atoms with Gasteiger partial charge in [-0.1, -0.05) is 37.3 Å². The smallest absolute Gasteiger partial charge is 0.261 e. The molecule has 6 heteroatoms. The standard InChI is InChI=1S/C23H25N3O3/c1-2-12-25-20-11-6-4-8-16(20)18(23(25)29)15-21-24-19-10-5-3-9-17(19)22(28)26(21)13-7-14-27/h3-6,8-11,18,27H,2,7,12-15H2,1H3. The molecule has 4 rings (SSSR count). The van der Waals surface area contributed by atoms with Crippen LogP contribution in [0.15, 0.2) is 53.3 Å². The first-order valence-electron chi connectivity index (χ1n) is 10.1. The van der Waals surface area contributed by atoms with E-state index in [0.717, 1.165) is 17.7 Å². The Hall–Kier alpha value is -2.99. The fourth-order valence-corrected chi connectivity index (χ4v) is 4.13. The Labute approximate surface area is 169 Å². The molecule has 0 spiro atoms. The summed E-state index contributed by atoms with van der Waals surface area (Å²) in [6.07, 6.45) is 1.70. The van der Waals surface area contributed by atoms with Crippen LogP contribution in [0.3, 0.4) is 0 Å². The van der Waals surface area contributed by atoms with Gasteiger partial charge in [0.05, 0.1) is 16.8 Å². The molecule has 0 saturated carbocycles. The molecular formula is C23H25N3O3. The molecule has 0 radical (unpaired) electrons. The molecule has 2 aromatic carbocycles. The molecule has 150 valence electrons. The van der Waals surface area contributed by atoms with Gasteiger partial charge in [0.25, 0.3) is 5.56 Å². The van der Waals surface area contributed by atoms with E-state index in [0.29, 0.717) is 42.7 Å². The SMILES string of the molecule is CCCN1C(=O)C(Cc2nc3ccccc3c(=O)n2CCCO)c2ccccc21. The highest BCUT2D eigenvalue weighted by Crippen LogP contribution is 2.38. The minimum atomic E-state index is -0.355. The van der Waals surface area contributed by atoms with Gasteiger partial charge in [0.15, 0.2) is 0 Å². The number of aliphatic hydroxyl groups is 1. The Morgan fingerprint density at radius 2 is 1.79 bits per heavy atom. The first kappa shape index (κ1) is 19.3. The zero-order valence-corrected chi connectivity index (χ0v) is 16.5. The van der Waals surface area contributed by atoms with Gasteiger partial charge in [-0.25, -0.2) is 4.98 Å². The maximum Gasteiger partial charge on any atom is 0.261 e. The van der Waals surface area contributed by atoms with Crippen LogP contribution in [-0.2, 0) is 17.8 Å². The number of hydrogen-bond acceptors (Lipinski definition) is 4. The highest BCUT2D eigenvalue weighted by Gasteiger charge is 2.37. The molecule has 0 fully saturated rings. The van der Waals surface area contributed by atoms with Gasteiger partial charge in [-0.15, -0.1) is 0 Å². The van der Waals surface area contributed by atoms with Crippen LogP contribution in [0.4, 0.5) is 5.69 Å². The summed E-state index contributed by atoms with van der Waals surface area (Å²) >= 11 is 0. The zero-order chi connectivity index (χ0) is 20.4. The number of rotatable bonds is 7. The summed E-state index contributed by atoms with van der Waals surface area (Å²) in [6, 6.07) is 15.1. The average Bonchev–Trinajstić information content (AvgIpc) is 3.00. The number of aliphatic hydroxyl groups excluding tert-OH is 1. The number of nitrogens with zero attached hydrogens (tertiary/aromatic N) is 3. The first-order valence-corrected chi connectivity index (χ1v) is 10.1. The van der Waals surface area contributed by atoms with Crippen molar-refractivity contribution in [3.8, 4) is 0 Å². The summed E-state index contributed by atoms with van der Waals surface area (Å²) in [5.41, 5.74) is 2.46. The van der Waals surface area contributed by atoms with Crippen molar-refractivity contribution in [1.29, 1.82) is 0 Å². The number of amides is 1. The summed E-state index contributed by atoms with van der Waals surface area (Å²) in [5.74, 6) is 0.295. The molecule has 1 N–H and O–H groups in total. The monoisotopic (exact) mass is 391 g/mol. The van der Waals surface area contributed by atoms with Crippen molar-refractivity contribution >= 4 is 22.5 Å². The Bertz CT molecular complexity index is 1110. The van der Waals surface area contributed by atoms with Crippen molar-refractivity contribution in [3.63, 3.8) is 0 Å². The number of para-hydroxylation sites is 2. The molecule has 0 aliphatic carbocycles. The quantitative estimate of drug-likeness (QED) is 0.672. The van der Waals surface area contributed by atoms with Crippen LogP contribution in [-0.4, -0.2) is 33.7 Å². The molecule has 2 heterocycles. The van der Waals surface area contributed by atoms with E-state index in [1.54, 1.807) is 10.6 Å². The van der Waals surface area contributed by atoms with E-state index in [1.807, 2.05) is 47.4 Å². The van der Waals surface area contributed by atoms with Crippen molar-refractivity contribution in [2.45, 2.75) is 38.6 Å². The molecule has 3 aromatic rings. The molecule has 0 bridgehead atoms.